The van der Waals surface area contributed by atoms with Crippen molar-refractivity contribution in [2.24, 2.45) is 0 Å². The van der Waals surface area contributed by atoms with E-state index < -0.39 is 17.4 Å². The normalized spacial score (nSPS) is 15.2. The monoisotopic (exact) mass is 292 g/mol. The first kappa shape index (κ1) is 15.4. The summed E-state index contributed by atoms with van der Waals surface area (Å²) in [7, 11) is -6.57. The fourth-order valence-electron chi connectivity index (χ4n) is 1.28. The minimum Gasteiger partial charge on any atom is -0.305 e. The van der Waals surface area contributed by atoms with Crippen molar-refractivity contribution >= 4 is 22.7 Å². The number of hydrogen-bond acceptors (Lipinski definition) is 5. The Morgan fingerprint density at radius 3 is 2.28 bits per heavy atom. The standard InChI is InChI=1S/C11H17O5PS/c1-3-15-17(12,11-7-5-4-6-8-11)16-9-10-18(2,13)14/h4-8H,3,9-10H2,1-2H3. The van der Waals surface area contributed by atoms with Crippen molar-refractivity contribution in [2.75, 3.05) is 25.2 Å². The molecule has 1 rings (SSSR count). The zero-order chi connectivity index (χ0) is 13.6. The highest BCUT2D eigenvalue weighted by atomic mass is 32.2. The van der Waals surface area contributed by atoms with E-state index in [1.54, 1.807) is 37.3 Å². The number of hydrogen-bond donors (Lipinski definition) is 0. The minimum absolute atomic E-state index is 0.148. The average Bonchev–Trinajstić information content (AvgIpc) is 2.29. The number of sulfone groups is 1. The van der Waals surface area contributed by atoms with Gasteiger partial charge in [-0.2, -0.15) is 0 Å². The molecule has 1 aromatic rings. The molecule has 0 aliphatic rings. The predicted molar refractivity (Wildman–Crippen MR) is 71.0 cm³/mol. The summed E-state index contributed by atoms with van der Waals surface area (Å²) in [6, 6.07) is 8.51. The van der Waals surface area contributed by atoms with Gasteiger partial charge in [-0.1, -0.05) is 18.2 Å². The lowest BCUT2D eigenvalue weighted by atomic mass is 10.4. The van der Waals surface area contributed by atoms with Gasteiger partial charge in [-0.05, 0) is 19.1 Å². The van der Waals surface area contributed by atoms with Gasteiger partial charge in [-0.25, -0.2) is 8.42 Å². The van der Waals surface area contributed by atoms with Crippen molar-refractivity contribution in [1.82, 2.24) is 0 Å². The maximum atomic E-state index is 12.5. The van der Waals surface area contributed by atoms with Crippen LogP contribution in [0.15, 0.2) is 30.3 Å². The van der Waals surface area contributed by atoms with Gasteiger partial charge in [0.15, 0.2) is 0 Å². The summed E-state index contributed by atoms with van der Waals surface area (Å²) in [5, 5.41) is 0.431. The minimum atomic E-state index is -3.42. The van der Waals surface area contributed by atoms with Gasteiger partial charge in [0.1, 0.15) is 9.84 Å². The van der Waals surface area contributed by atoms with Crippen LogP contribution in [0.4, 0.5) is 0 Å². The summed E-state index contributed by atoms with van der Waals surface area (Å²) in [5.41, 5.74) is 0. The zero-order valence-corrected chi connectivity index (χ0v) is 12.1. The number of rotatable bonds is 7. The molecule has 0 saturated carbocycles. The van der Waals surface area contributed by atoms with Crippen LogP contribution in [0.5, 0.6) is 0 Å². The summed E-state index contributed by atoms with van der Waals surface area (Å²) in [4.78, 5) is 0. The molecule has 102 valence electrons. The highest BCUT2D eigenvalue weighted by molar-refractivity contribution is 7.90. The van der Waals surface area contributed by atoms with Crippen LogP contribution in [0.2, 0.25) is 0 Å². The summed E-state index contributed by atoms with van der Waals surface area (Å²) >= 11 is 0. The van der Waals surface area contributed by atoms with Gasteiger partial charge < -0.3 is 9.05 Å². The molecule has 0 spiro atoms. The molecule has 0 radical (unpaired) electrons. The van der Waals surface area contributed by atoms with Crippen molar-refractivity contribution in [2.45, 2.75) is 6.92 Å². The molecule has 0 aliphatic heterocycles. The smallest absolute Gasteiger partial charge is 0.305 e. The number of benzene rings is 1. The second kappa shape index (κ2) is 6.48. The molecule has 1 unspecified atom stereocenters. The third-order valence-corrected chi connectivity index (χ3v) is 5.05. The summed E-state index contributed by atoms with van der Waals surface area (Å²) in [6.07, 6.45) is 1.10. The molecule has 5 nitrogen and oxygen atoms in total. The Kier molecular flexibility index (Phi) is 5.53. The lowest BCUT2D eigenvalue weighted by Gasteiger charge is -2.17. The van der Waals surface area contributed by atoms with E-state index in [1.807, 2.05) is 0 Å². The highest BCUT2D eigenvalue weighted by Gasteiger charge is 2.27. The Morgan fingerprint density at radius 2 is 1.78 bits per heavy atom. The summed E-state index contributed by atoms with van der Waals surface area (Å²) in [5.74, 6) is -0.184. The van der Waals surface area contributed by atoms with Crippen LogP contribution >= 0.6 is 7.60 Å². The van der Waals surface area contributed by atoms with Crippen molar-refractivity contribution < 1.29 is 22.0 Å². The van der Waals surface area contributed by atoms with Crippen molar-refractivity contribution in [3.8, 4) is 0 Å². The zero-order valence-electron chi connectivity index (χ0n) is 10.4. The first-order chi connectivity index (χ1) is 8.37. The first-order valence-corrected chi connectivity index (χ1v) is 9.10. The summed E-state index contributed by atoms with van der Waals surface area (Å²) < 4.78 is 44.8. The molecule has 7 heteroatoms. The molecule has 0 bridgehead atoms. The third kappa shape index (κ3) is 4.90. The molecule has 0 aliphatic carbocycles. The molecule has 1 aromatic carbocycles. The Hall–Kier alpha value is -0.680. The lowest BCUT2D eigenvalue weighted by Crippen LogP contribution is -2.15. The Labute approximate surface area is 108 Å². The van der Waals surface area contributed by atoms with Crippen LogP contribution < -0.4 is 5.30 Å². The van der Waals surface area contributed by atoms with Gasteiger partial charge in [0.2, 0.25) is 0 Å². The van der Waals surface area contributed by atoms with E-state index in [-0.39, 0.29) is 19.0 Å². The van der Waals surface area contributed by atoms with Gasteiger partial charge in [-0.3, -0.25) is 4.57 Å². The van der Waals surface area contributed by atoms with Crippen LogP contribution in [0.25, 0.3) is 0 Å². The van der Waals surface area contributed by atoms with Crippen molar-refractivity contribution in [1.29, 1.82) is 0 Å². The second-order valence-corrected chi connectivity index (χ2v) is 8.00. The molecule has 0 fully saturated rings. The Bertz CT molecular complexity index is 511. The van der Waals surface area contributed by atoms with Crippen LogP contribution in [0.3, 0.4) is 0 Å². The lowest BCUT2D eigenvalue weighted by molar-refractivity contribution is 0.230. The summed E-state index contributed by atoms with van der Waals surface area (Å²) in [6.45, 7) is 1.78. The van der Waals surface area contributed by atoms with E-state index in [0.717, 1.165) is 6.26 Å². The van der Waals surface area contributed by atoms with E-state index in [4.69, 9.17) is 9.05 Å². The van der Waals surface area contributed by atoms with Crippen LogP contribution in [-0.4, -0.2) is 33.6 Å². The topological polar surface area (TPSA) is 69.7 Å². The molecule has 18 heavy (non-hydrogen) atoms. The van der Waals surface area contributed by atoms with Crippen molar-refractivity contribution in [3.63, 3.8) is 0 Å². The first-order valence-electron chi connectivity index (χ1n) is 5.50. The SMILES string of the molecule is CCOP(=O)(OCCS(C)(=O)=O)c1ccccc1. The fourth-order valence-corrected chi connectivity index (χ4v) is 3.37. The van der Waals surface area contributed by atoms with Gasteiger partial charge in [0.05, 0.1) is 24.3 Å². The third-order valence-electron chi connectivity index (χ3n) is 2.09. The van der Waals surface area contributed by atoms with Crippen molar-refractivity contribution in [3.05, 3.63) is 30.3 Å². The molecule has 0 N–H and O–H groups in total. The average molecular weight is 292 g/mol. The van der Waals surface area contributed by atoms with Crippen LogP contribution in [0, 0.1) is 0 Å². The molecular weight excluding hydrogens is 275 g/mol. The van der Waals surface area contributed by atoms with Gasteiger partial charge >= 0.3 is 7.60 Å². The van der Waals surface area contributed by atoms with E-state index in [9.17, 15) is 13.0 Å². The van der Waals surface area contributed by atoms with Crippen LogP contribution in [-0.2, 0) is 23.4 Å². The molecule has 0 amide bonds. The van der Waals surface area contributed by atoms with Crippen LogP contribution in [0.1, 0.15) is 6.92 Å². The molecule has 0 saturated heterocycles. The molecular formula is C11H17O5PS. The van der Waals surface area contributed by atoms with E-state index in [1.165, 1.54) is 0 Å². The Balaban J connectivity index is 2.79. The van der Waals surface area contributed by atoms with Gasteiger partial charge in [-0.15, -0.1) is 0 Å². The quantitative estimate of drug-likeness (QED) is 0.714. The van der Waals surface area contributed by atoms with Gasteiger partial charge in [0, 0.05) is 6.26 Å². The maximum absolute atomic E-state index is 12.5. The predicted octanol–water partition coefficient (Wildman–Crippen LogP) is 1.60. The maximum Gasteiger partial charge on any atom is 0.361 e. The Morgan fingerprint density at radius 1 is 1.17 bits per heavy atom. The van der Waals surface area contributed by atoms with E-state index in [0.29, 0.717) is 5.30 Å². The fraction of sp³-hybridized carbons (Fsp3) is 0.455. The molecule has 0 aromatic heterocycles. The second-order valence-electron chi connectivity index (χ2n) is 3.71. The van der Waals surface area contributed by atoms with E-state index in [2.05, 4.69) is 0 Å². The van der Waals surface area contributed by atoms with E-state index >= 15 is 0 Å². The highest BCUT2D eigenvalue weighted by Crippen LogP contribution is 2.46. The molecule has 0 heterocycles. The van der Waals surface area contributed by atoms with Gasteiger partial charge in [0.25, 0.3) is 0 Å². The largest absolute Gasteiger partial charge is 0.361 e. The molecule has 1 atom stereocenters.